The minimum Gasteiger partial charge on any atom is -0.481 e. The number of nitrogens with one attached hydrogen (secondary N) is 1. The number of hydrogen-bond donors (Lipinski definition) is 2. The molecule has 0 aliphatic carbocycles. The summed E-state index contributed by atoms with van der Waals surface area (Å²) in [6.07, 6.45) is 2.04. The van der Waals surface area contributed by atoms with Gasteiger partial charge < -0.3 is 10.4 Å². The predicted molar refractivity (Wildman–Crippen MR) is 101 cm³/mol. The van der Waals surface area contributed by atoms with Crippen molar-refractivity contribution in [1.29, 1.82) is 0 Å². The highest BCUT2D eigenvalue weighted by Crippen LogP contribution is 2.24. The molecule has 0 saturated heterocycles. The van der Waals surface area contributed by atoms with Crippen molar-refractivity contribution in [3.05, 3.63) is 57.3 Å². The van der Waals surface area contributed by atoms with Crippen LogP contribution in [0.4, 0.5) is 0 Å². The summed E-state index contributed by atoms with van der Waals surface area (Å²) < 4.78 is 0. The third kappa shape index (κ3) is 4.92. The van der Waals surface area contributed by atoms with E-state index >= 15 is 0 Å². The average molecular weight is 359 g/mol. The lowest BCUT2D eigenvalue weighted by Crippen LogP contribution is -2.44. The van der Waals surface area contributed by atoms with Gasteiger partial charge in [0.2, 0.25) is 5.91 Å². The summed E-state index contributed by atoms with van der Waals surface area (Å²) in [5.74, 6) is -1.05. The van der Waals surface area contributed by atoms with Crippen LogP contribution in [-0.2, 0) is 21.4 Å². The Balaban J connectivity index is 1.87. The van der Waals surface area contributed by atoms with Gasteiger partial charge in [-0.15, -0.1) is 11.3 Å². The van der Waals surface area contributed by atoms with E-state index in [1.54, 1.807) is 30.4 Å². The highest BCUT2D eigenvalue weighted by atomic mass is 32.1. The van der Waals surface area contributed by atoms with Crippen LogP contribution in [0.15, 0.2) is 36.4 Å². The third-order valence-corrected chi connectivity index (χ3v) is 5.52. The maximum atomic E-state index is 12.1. The topological polar surface area (TPSA) is 66.4 Å². The Morgan fingerprint density at radius 3 is 2.44 bits per heavy atom. The molecule has 1 amide bonds. The number of thiophene rings is 1. The number of carbonyl (C=O) groups is 2. The van der Waals surface area contributed by atoms with Crippen LogP contribution in [0.2, 0.25) is 0 Å². The molecule has 0 aliphatic rings. The fourth-order valence-corrected chi connectivity index (χ4v) is 3.82. The number of benzene rings is 1. The van der Waals surface area contributed by atoms with E-state index < -0.39 is 11.4 Å². The van der Waals surface area contributed by atoms with E-state index in [9.17, 15) is 14.7 Å². The van der Waals surface area contributed by atoms with E-state index in [-0.39, 0.29) is 12.5 Å². The van der Waals surface area contributed by atoms with E-state index in [2.05, 4.69) is 25.2 Å². The molecule has 134 valence electrons. The first-order chi connectivity index (χ1) is 11.8. The highest BCUT2D eigenvalue weighted by molar-refractivity contribution is 7.12. The molecule has 0 spiro atoms. The van der Waals surface area contributed by atoms with Crippen molar-refractivity contribution in [3.63, 3.8) is 0 Å². The van der Waals surface area contributed by atoms with Crippen molar-refractivity contribution in [3.8, 4) is 0 Å². The van der Waals surface area contributed by atoms with E-state index in [0.717, 1.165) is 12.8 Å². The fourth-order valence-electron chi connectivity index (χ4n) is 2.84. The van der Waals surface area contributed by atoms with Crippen LogP contribution < -0.4 is 5.32 Å². The number of rotatable bonds is 8. The molecule has 1 heterocycles. The molecule has 5 heteroatoms. The van der Waals surface area contributed by atoms with Gasteiger partial charge in [-0.3, -0.25) is 9.59 Å². The molecule has 4 nitrogen and oxygen atoms in total. The SMILES string of the molecule is Cc1cc(CCCC(=O)NCC(C)(C(=O)O)c2ccccc2)c(C)s1. The minimum absolute atomic E-state index is 0.0851. The van der Waals surface area contributed by atoms with Crippen LogP contribution in [-0.4, -0.2) is 23.5 Å². The van der Waals surface area contributed by atoms with Crippen LogP contribution in [0.5, 0.6) is 0 Å². The molecule has 0 saturated carbocycles. The molecular weight excluding hydrogens is 334 g/mol. The Morgan fingerprint density at radius 2 is 1.88 bits per heavy atom. The van der Waals surface area contributed by atoms with Gasteiger partial charge in [-0.25, -0.2) is 0 Å². The van der Waals surface area contributed by atoms with Gasteiger partial charge in [0.25, 0.3) is 0 Å². The molecule has 0 bridgehead atoms. The zero-order chi connectivity index (χ0) is 18.4. The monoisotopic (exact) mass is 359 g/mol. The lowest BCUT2D eigenvalue weighted by Gasteiger charge is -2.25. The molecule has 2 aromatic rings. The van der Waals surface area contributed by atoms with Gasteiger partial charge in [-0.1, -0.05) is 30.3 Å². The lowest BCUT2D eigenvalue weighted by molar-refractivity contribution is -0.143. The van der Waals surface area contributed by atoms with Crippen molar-refractivity contribution >= 4 is 23.2 Å². The number of hydrogen-bond acceptors (Lipinski definition) is 3. The molecule has 0 fully saturated rings. The number of aryl methyl sites for hydroxylation is 3. The Hall–Kier alpha value is -2.14. The second-order valence-electron chi connectivity index (χ2n) is 6.57. The summed E-state index contributed by atoms with van der Waals surface area (Å²) in [4.78, 5) is 26.4. The minimum atomic E-state index is -1.13. The molecule has 2 N–H and O–H groups in total. The zero-order valence-electron chi connectivity index (χ0n) is 15.0. The van der Waals surface area contributed by atoms with Gasteiger partial charge in [0.05, 0.1) is 0 Å². The summed E-state index contributed by atoms with van der Waals surface area (Å²) in [6, 6.07) is 11.2. The normalized spacial score (nSPS) is 13.2. The van der Waals surface area contributed by atoms with E-state index in [1.165, 1.54) is 15.3 Å². The maximum absolute atomic E-state index is 12.1. The number of aliphatic carboxylic acids is 1. The van der Waals surface area contributed by atoms with Crippen LogP contribution >= 0.6 is 11.3 Å². The van der Waals surface area contributed by atoms with Crippen molar-refractivity contribution in [1.82, 2.24) is 5.32 Å². The zero-order valence-corrected chi connectivity index (χ0v) is 15.8. The molecule has 1 aromatic heterocycles. The largest absolute Gasteiger partial charge is 0.481 e. The van der Waals surface area contributed by atoms with E-state index in [4.69, 9.17) is 0 Å². The van der Waals surface area contributed by atoms with Gasteiger partial charge in [-0.2, -0.15) is 0 Å². The van der Waals surface area contributed by atoms with Gasteiger partial charge in [0.1, 0.15) is 5.41 Å². The Morgan fingerprint density at radius 1 is 1.20 bits per heavy atom. The van der Waals surface area contributed by atoms with Crippen molar-refractivity contribution in [2.24, 2.45) is 0 Å². The van der Waals surface area contributed by atoms with Gasteiger partial charge in [0.15, 0.2) is 0 Å². The van der Waals surface area contributed by atoms with Crippen LogP contribution in [0.3, 0.4) is 0 Å². The molecule has 2 rings (SSSR count). The molecule has 0 aliphatic heterocycles. The predicted octanol–water partition coefficient (Wildman–Crippen LogP) is 3.85. The molecule has 1 atom stereocenters. The Bertz CT molecular complexity index is 739. The summed E-state index contributed by atoms with van der Waals surface area (Å²) >= 11 is 1.78. The van der Waals surface area contributed by atoms with Crippen molar-refractivity contribution in [2.75, 3.05) is 6.54 Å². The highest BCUT2D eigenvalue weighted by Gasteiger charge is 2.35. The van der Waals surface area contributed by atoms with Crippen LogP contribution in [0.25, 0.3) is 0 Å². The fraction of sp³-hybridized carbons (Fsp3) is 0.400. The molecule has 1 unspecified atom stereocenters. The lowest BCUT2D eigenvalue weighted by atomic mass is 9.82. The van der Waals surface area contributed by atoms with Gasteiger partial charge >= 0.3 is 5.97 Å². The average Bonchev–Trinajstić information content (AvgIpc) is 2.90. The molecular formula is C20H25NO3S. The second-order valence-corrected chi connectivity index (χ2v) is 8.03. The maximum Gasteiger partial charge on any atom is 0.315 e. The smallest absolute Gasteiger partial charge is 0.315 e. The Kier molecular flexibility index (Phi) is 6.37. The number of carboxylic acid groups (broad SMARTS) is 1. The standard InChI is InChI=1S/C20H25NO3S/c1-14-12-16(15(2)25-14)8-7-11-18(22)21-13-20(3,19(23)24)17-9-5-4-6-10-17/h4-6,9-10,12H,7-8,11,13H2,1-3H3,(H,21,22)(H,23,24). The third-order valence-electron chi connectivity index (χ3n) is 4.52. The van der Waals surface area contributed by atoms with Crippen molar-refractivity contribution < 1.29 is 14.7 Å². The summed E-state index contributed by atoms with van der Waals surface area (Å²) in [6.45, 7) is 5.92. The molecule has 1 aromatic carbocycles. The van der Waals surface area contributed by atoms with E-state index in [0.29, 0.717) is 12.0 Å². The van der Waals surface area contributed by atoms with Crippen LogP contribution in [0.1, 0.15) is 40.6 Å². The van der Waals surface area contributed by atoms with E-state index in [1.807, 2.05) is 18.2 Å². The van der Waals surface area contributed by atoms with Crippen molar-refractivity contribution in [2.45, 2.75) is 45.4 Å². The van der Waals surface area contributed by atoms with Gasteiger partial charge in [-0.05, 0) is 50.8 Å². The first-order valence-electron chi connectivity index (χ1n) is 8.44. The molecule has 25 heavy (non-hydrogen) atoms. The Labute approximate surface area is 152 Å². The van der Waals surface area contributed by atoms with Crippen LogP contribution in [0, 0.1) is 13.8 Å². The summed E-state index contributed by atoms with van der Waals surface area (Å²) in [7, 11) is 0. The van der Waals surface area contributed by atoms with Gasteiger partial charge in [0, 0.05) is 22.7 Å². The quantitative estimate of drug-likeness (QED) is 0.752. The number of carboxylic acids is 1. The first-order valence-corrected chi connectivity index (χ1v) is 9.26. The number of carbonyl (C=O) groups excluding carboxylic acids is 1. The second kappa shape index (κ2) is 8.30. The first kappa shape index (κ1) is 19.2. The molecule has 0 radical (unpaired) electrons. The summed E-state index contributed by atoms with van der Waals surface area (Å²) in [5.41, 5.74) is 0.861. The summed E-state index contributed by atoms with van der Waals surface area (Å²) in [5, 5.41) is 12.4. The number of amides is 1.